The summed E-state index contributed by atoms with van der Waals surface area (Å²) in [6, 6.07) is -0.610. The van der Waals surface area contributed by atoms with Crippen LogP contribution < -0.4 is 0 Å². The molecule has 0 radical (unpaired) electrons. The Labute approximate surface area is 289 Å². The number of esters is 2. The zero-order valence-electron chi connectivity index (χ0n) is 31.2. The van der Waals surface area contributed by atoms with Crippen molar-refractivity contribution < 1.29 is 38.2 Å². The molecule has 0 aromatic rings. The van der Waals surface area contributed by atoms with Crippen molar-refractivity contribution in [3.8, 4) is 0 Å². The summed E-state index contributed by atoms with van der Waals surface area (Å²) in [7, 11) is 5.52. The largest absolute Gasteiger partial charge is 0.477 e. The fraction of sp³-hybridized carbons (Fsp3) is 0.872. The van der Waals surface area contributed by atoms with Crippen molar-refractivity contribution in [2.75, 3.05) is 41.0 Å². The molecule has 1 N–H and O–H groups in total. The Morgan fingerprint density at radius 2 is 1.06 bits per heavy atom. The van der Waals surface area contributed by atoms with E-state index >= 15 is 0 Å². The van der Waals surface area contributed by atoms with Crippen molar-refractivity contribution in [3.05, 3.63) is 12.2 Å². The molecule has 2 unspecified atom stereocenters. The van der Waals surface area contributed by atoms with Gasteiger partial charge < -0.3 is 23.8 Å². The van der Waals surface area contributed by atoms with Crippen LogP contribution in [-0.2, 0) is 28.6 Å². The number of carbonyl (C=O) groups excluding carboxylic acids is 2. The van der Waals surface area contributed by atoms with Crippen LogP contribution in [0.1, 0.15) is 168 Å². The van der Waals surface area contributed by atoms with Crippen molar-refractivity contribution in [1.82, 2.24) is 0 Å². The molecule has 0 heterocycles. The van der Waals surface area contributed by atoms with Gasteiger partial charge >= 0.3 is 17.9 Å². The number of rotatable bonds is 34. The van der Waals surface area contributed by atoms with Crippen LogP contribution >= 0.6 is 0 Å². The van der Waals surface area contributed by atoms with E-state index < -0.39 is 18.1 Å². The molecule has 8 heteroatoms. The monoisotopic (exact) mass is 669 g/mol. The number of hydrogen-bond acceptors (Lipinski definition) is 6. The predicted molar refractivity (Wildman–Crippen MR) is 192 cm³/mol. The van der Waals surface area contributed by atoms with Gasteiger partial charge in [0.2, 0.25) is 0 Å². The number of ether oxygens (including phenoxy) is 3. The molecule has 0 amide bonds. The van der Waals surface area contributed by atoms with Gasteiger partial charge in [0.25, 0.3) is 0 Å². The Hall–Kier alpha value is -1.93. The summed E-state index contributed by atoms with van der Waals surface area (Å²) in [6.45, 7) is 4.69. The average Bonchev–Trinajstić information content (AvgIpc) is 3.01. The van der Waals surface area contributed by atoms with Gasteiger partial charge in [0.1, 0.15) is 6.61 Å². The molecule has 2 atom stereocenters. The molecule has 0 aliphatic rings. The fourth-order valence-corrected chi connectivity index (χ4v) is 5.61. The zero-order chi connectivity index (χ0) is 35.0. The fourth-order valence-electron chi connectivity index (χ4n) is 5.61. The van der Waals surface area contributed by atoms with E-state index in [0.29, 0.717) is 19.3 Å². The summed E-state index contributed by atoms with van der Waals surface area (Å²) < 4.78 is 17.2. The second kappa shape index (κ2) is 31.3. The molecule has 0 bridgehead atoms. The highest BCUT2D eigenvalue weighted by atomic mass is 16.6. The van der Waals surface area contributed by atoms with Crippen molar-refractivity contribution in [3.63, 3.8) is 0 Å². The van der Waals surface area contributed by atoms with Crippen LogP contribution in [0, 0.1) is 0 Å². The average molecular weight is 669 g/mol. The van der Waals surface area contributed by atoms with Gasteiger partial charge in [-0.05, 0) is 38.5 Å². The van der Waals surface area contributed by atoms with Gasteiger partial charge in [-0.1, -0.05) is 122 Å². The summed E-state index contributed by atoms with van der Waals surface area (Å²) in [4.78, 5) is 36.7. The molecule has 0 aliphatic heterocycles. The van der Waals surface area contributed by atoms with E-state index in [1.165, 1.54) is 83.5 Å². The summed E-state index contributed by atoms with van der Waals surface area (Å²) in [5.74, 6) is -1.47. The number of carboxylic acids is 1. The normalized spacial score (nSPS) is 13.1. The van der Waals surface area contributed by atoms with Gasteiger partial charge in [0.05, 0.1) is 34.4 Å². The van der Waals surface area contributed by atoms with Crippen LogP contribution in [0.15, 0.2) is 12.2 Å². The van der Waals surface area contributed by atoms with E-state index in [4.69, 9.17) is 14.2 Å². The van der Waals surface area contributed by atoms with Gasteiger partial charge in [-0.3, -0.25) is 9.59 Å². The molecule has 276 valence electrons. The highest BCUT2D eigenvalue weighted by Gasteiger charge is 2.31. The van der Waals surface area contributed by atoms with Crippen LogP contribution in [0.5, 0.6) is 0 Å². The Bertz CT molecular complexity index is 793. The lowest BCUT2D eigenvalue weighted by Gasteiger charge is -2.31. The predicted octanol–water partition coefficient (Wildman–Crippen LogP) is 9.58. The molecule has 0 aromatic carbocycles. The third kappa shape index (κ3) is 29.9. The lowest BCUT2D eigenvalue weighted by atomic mass is 10.1. The Morgan fingerprint density at radius 3 is 1.57 bits per heavy atom. The topological polar surface area (TPSA) is 99.1 Å². The van der Waals surface area contributed by atoms with Crippen LogP contribution in [0.4, 0.5) is 0 Å². The molecule has 0 saturated carbocycles. The maximum Gasteiger partial charge on any atom is 0.362 e. The van der Waals surface area contributed by atoms with Crippen LogP contribution in [0.3, 0.4) is 0 Å². The first kappa shape index (κ1) is 45.1. The highest BCUT2D eigenvalue weighted by molar-refractivity contribution is 5.72. The molecule has 0 spiro atoms. The number of hydrogen-bond donors (Lipinski definition) is 1. The smallest absolute Gasteiger partial charge is 0.362 e. The SMILES string of the molecule is CCCCC/C=C\CCCCCCCC(=O)OC(COCCC(C(=O)O)[N+](C)(C)C)COC(=O)CCCCCCCCCCCCC. The number of nitrogens with zero attached hydrogens (tertiary/aromatic N) is 1. The summed E-state index contributed by atoms with van der Waals surface area (Å²) in [5.41, 5.74) is 0. The van der Waals surface area contributed by atoms with E-state index in [9.17, 15) is 19.5 Å². The Morgan fingerprint density at radius 1 is 0.617 bits per heavy atom. The third-order valence-electron chi connectivity index (χ3n) is 8.66. The number of carboxylic acid groups (broad SMARTS) is 1. The van der Waals surface area contributed by atoms with Crippen LogP contribution in [0.2, 0.25) is 0 Å². The molecule has 47 heavy (non-hydrogen) atoms. The van der Waals surface area contributed by atoms with E-state index in [1.54, 1.807) is 0 Å². The molecule has 0 aliphatic carbocycles. The minimum Gasteiger partial charge on any atom is -0.477 e. The molecule has 0 aromatic heterocycles. The number of aliphatic carboxylic acids is 1. The third-order valence-corrected chi connectivity index (χ3v) is 8.66. The first-order valence-electron chi connectivity index (χ1n) is 19.2. The zero-order valence-corrected chi connectivity index (χ0v) is 31.2. The summed E-state index contributed by atoms with van der Waals surface area (Å²) in [5, 5.41) is 9.57. The van der Waals surface area contributed by atoms with E-state index in [2.05, 4.69) is 26.0 Å². The minimum absolute atomic E-state index is 0.0493. The van der Waals surface area contributed by atoms with Crippen LogP contribution in [0.25, 0.3) is 0 Å². The van der Waals surface area contributed by atoms with E-state index in [-0.39, 0.29) is 36.2 Å². The molecule has 8 nitrogen and oxygen atoms in total. The molecule has 0 saturated heterocycles. The van der Waals surface area contributed by atoms with Gasteiger partial charge in [-0.2, -0.15) is 0 Å². The second-order valence-electron chi connectivity index (χ2n) is 14.2. The maximum absolute atomic E-state index is 12.6. The van der Waals surface area contributed by atoms with Gasteiger partial charge in [0.15, 0.2) is 12.1 Å². The van der Waals surface area contributed by atoms with Crippen molar-refractivity contribution >= 4 is 17.9 Å². The molecular weight excluding hydrogens is 594 g/mol. The first-order chi connectivity index (χ1) is 22.6. The van der Waals surface area contributed by atoms with E-state index in [0.717, 1.165) is 51.4 Å². The maximum atomic E-state index is 12.6. The quantitative estimate of drug-likeness (QED) is 0.0315. The minimum atomic E-state index is -0.876. The van der Waals surface area contributed by atoms with Crippen molar-refractivity contribution in [1.29, 1.82) is 0 Å². The molecule has 0 fully saturated rings. The van der Waals surface area contributed by atoms with Crippen molar-refractivity contribution in [2.45, 2.75) is 180 Å². The standard InChI is InChI=1S/C39H73NO7/c1-6-8-10-12-14-16-18-20-22-24-26-28-30-38(42)47-35(33-45-32-31-36(39(43)44)40(3,4)5)34-46-37(41)29-27-25-23-21-19-17-15-13-11-9-7-2/h14,16,35-36H,6-13,15,17-34H2,1-5H3/p+1/b16-14-. The second-order valence-corrected chi connectivity index (χ2v) is 14.2. The molecular formula is C39H74NO7+. The number of likely N-dealkylation sites (N-methyl/N-ethyl adjacent to an activating group) is 1. The van der Waals surface area contributed by atoms with Gasteiger partial charge in [-0.25, -0.2) is 4.79 Å². The first-order valence-corrected chi connectivity index (χ1v) is 19.2. The molecule has 0 rings (SSSR count). The van der Waals surface area contributed by atoms with E-state index in [1.807, 2.05) is 21.1 Å². The van der Waals surface area contributed by atoms with Crippen molar-refractivity contribution in [2.24, 2.45) is 0 Å². The number of allylic oxidation sites excluding steroid dienone is 2. The summed E-state index contributed by atoms with van der Waals surface area (Å²) in [6.07, 6.45) is 29.6. The van der Waals surface area contributed by atoms with Gasteiger partial charge in [-0.15, -0.1) is 0 Å². The van der Waals surface area contributed by atoms with Crippen LogP contribution in [-0.4, -0.2) is 80.6 Å². The highest BCUT2D eigenvalue weighted by Crippen LogP contribution is 2.14. The lowest BCUT2D eigenvalue weighted by Crippen LogP contribution is -2.50. The Balaban J connectivity index is 4.43. The van der Waals surface area contributed by atoms with Gasteiger partial charge in [0, 0.05) is 19.3 Å². The summed E-state index contributed by atoms with van der Waals surface area (Å²) >= 11 is 0. The number of quaternary nitrogens is 1. The Kier molecular flexibility index (Phi) is 30.1. The lowest BCUT2D eigenvalue weighted by molar-refractivity contribution is -0.887. The number of unbranched alkanes of at least 4 members (excludes halogenated alkanes) is 18. The number of carbonyl (C=O) groups is 3.